The van der Waals surface area contributed by atoms with Gasteiger partial charge in [-0.15, -0.1) is 11.8 Å². The zero-order valence-electron chi connectivity index (χ0n) is 9.64. The SMILES string of the molecule is CC(C)[C@@H]1NC(=O)[C@@H]1CSc1ccccc1. The summed E-state index contributed by atoms with van der Waals surface area (Å²) >= 11 is 1.77. The monoisotopic (exact) mass is 235 g/mol. The molecule has 1 N–H and O–H groups in total. The second-order valence-corrected chi connectivity index (χ2v) is 5.60. The fraction of sp³-hybridized carbons (Fsp3) is 0.462. The molecule has 1 fully saturated rings. The van der Waals surface area contributed by atoms with Crippen LogP contribution in [0.5, 0.6) is 0 Å². The second-order valence-electron chi connectivity index (χ2n) is 4.51. The molecule has 0 saturated carbocycles. The van der Waals surface area contributed by atoms with E-state index in [1.54, 1.807) is 11.8 Å². The third-order valence-corrected chi connectivity index (χ3v) is 4.10. The highest BCUT2D eigenvalue weighted by molar-refractivity contribution is 7.99. The molecule has 1 aromatic rings. The molecule has 1 aromatic carbocycles. The first-order valence-corrected chi connectivity index (χ1v) is 6.65. The van der Waals surface area contributed by atoms with Gasteiger partial charge < -0.3 is 5.32 Å². The molecule has 1 saturated heterocycles. The number of nitrogens with one attached hydrogen (secondary N) is 1. The standard InChI is InChI=1S/C13H17NOS/c1-9(2)12-11(13(15)14-12)8-16-10-6-4-3-5-7-10/h3-7,9,11-12H,8H2,1-2H3,(H,14,15)/t11-,12+/m1/s1. The van der Waals surface area contributed by atoms with Crippen molar-refractivity contribution in [1.29, 1.82) is 0 Å². The molecule has 2 atom stereocenters. The van der Waals surface area contributed by atoms with E-state index < -0.39 is 0 Å². The van der Waals surface area contributed by atoms with E-state index in [9.17, 15) is 4.79 Å². The number of carbonyl (C=O) groups excluding carboxylic acids is 1. The smallest absolute Gasteiger partial charge is 0.226 e. The molecule has 0 spiro atoms. The fourth-order valence-electron chi connectivity index (χ4n) is 1.95. The summed E-state index contributed by atoms with van der Waals surface area (Å²) in [6.07, 6.45) is 0. The van der Waals surface area contributed by atoms with E-state index in [1.807, 2.05) is 18.2 Å². The van der Waals surface area contributed by atoms with Crippen LogP contribution in [0.2, 0.25) is 0 Å². The Morgan fingerprint density at radius 3 is 2.56 bits per heavy atom. The molecule has 0 unspecified atom stereocenters. The van der Waals surface area contributed by atoms with Crippen LogP contribution in [0, 0.1) is 11.8 Å². The third-order valence-electron chi connectivity index (χ3n) is 2.97. The van der Waals surface area contributed by atoms with Crippen LogP contribution in [0.15, 0.2) is 35.2 Å². The molecule has 1 heterocycles. The normalized spacial score (nSPS) is 24.1. The van der Waals surface area contributed by atoms with E-state index in [1.165, 1.54) is 4.90 Å². The molecular formula is C13H17NOS. The molecule has 2 nitrogen and oxygen atoms in total. The minimum atomic E-state index is 0.185. The van der Waals surface area contributed by atoms with Gasteiger partial charge in [-0.1, -0.05) is 32.0 Å². The van der Waals surface area contributed by atoms with Gasteiger partial charge in [-0.3, -0.25) is 4.79 Å². The first kappa shape index (κ1) is 11.5. The summed E-state index contributed by atoms with van der Waals surface area (Å²) in [4.78, 5) is 12.7. The summed E-state index contributed by atoms with van der Waals surface area (Å²) < 4.78 is 0. The molecule has 0 radical (unpaired) electrons. The van der Waals surface area contributed by atoms with Crippen LogP contribution in [-0.4, -0.2) is 17.7 Å². The predicted molar refractivity (Wildman–Crippen MR) is 67.4 cm³/mol. The summed E-state index contributed by atoms with van der Waals surface area (Å²) in [6, 6.07) is 10.6. The average molecular weight is 235 g/mol. The molecular weight excluding hydrogens is 218 g/mol. The highest BCUT2D eigenvalue weighted by Crippen LogP contribution is 2.28. The van der Waals surface area contributed by atoms with Crippen LogP contribution in [0.25, 0.3) is 0 Å². The van der Waals surface area contributed by atoms with Gasteiger partial charge in [-0.05, 0) is 18.1 Å². The zero-order valence-corrected chi connectivity index (χ0v) is 10.5. The quantitative estimate of drug-likeness (QED) is 0.642. The molecule has 86 valence electrons. The Morgan fingerprint density at radius 1 is 1.31 bits per heavy atom. The van der Waals surface area contributed by atoms with Crippen LogP contribution in [0.4, 0.5) is 0 Å². The van der Waals surface area contributed by atoms with Gasteiger partial charge in [0.1, 0.15) is 0 Å². The number of benzene rings is 1. The Labute approximate surface area is 101 Å². The average Bonchev–Trinajstić information content (AvgIpc) is 2.27. The van der Waals surface area contributed by atoms with E-state index in [0.717, 1.165) is 5.75 Å². The number of β-lactam (4-membered cyclic amide) rings is 1. The lowest BCUT2D eigenvalue weighted by atomic mass is 9.84. The number of amides is 1. The van der Waals surface area contributed by atoms with Gasteiger partial charge >= 0.3 is 0 Å². The van der Waals surface area contributed by atoms with E-state index in [0.29, 0.717) is 12.0 Å². The summed E-state index contributed by atoms with van der Waals surface area (Å²) in [6.45, 7) is 4.31. The van der Waals surface area contributed by atoms with Crippen molar-refractivity contribution in [3.63, 3.8) is 0 Å². The van der Waals surface area contributed by atoms with Gasteiger partial charge in [0.05, 0.1) is 5.92 Å². The Bertz CT molecular complexity index is 363. The molecule has 0 aromatic heterocycles. The number of carbonyl (C=O) groups is 1. The number of hydrogen-bond acceptors (Lipinski definition) is 2. The second kappa shape index (κ2) is 4.91. The molecule has 0 bridgehead atoms. The molecule has 16 heavy (non-hydrogen) atoms. The summed E-state index contributed by atoms with van der Waals surface area (Å²) in [5.74, 6) is 1.81. The highest BCUT2D eigenvalue weighted by Gasteiger charge is 2.40. The molecule has 2 rings (SSSR count). The minimum Gasteiger partial charge on any atom is -0.352 e. The minimum absolute atomic E-state index is 0.185. The summed E-state index contributed by atoms with van der Waals surface area (Å²) in [5, 5.41) is 2.98. The third kappa shape index (κ3) is 2.40. The summed E-state index contributed by atoms with van der Waals surface area (Å²) in [7, 11) is 0. The van der Waals surface area contributed by atoms with Crippen molar-refractivity contribution in [3.8, 4) is 0 Å². The maximum atomic E-state index is 11.4. The van der Waals surface area contributed by atoms with E-state index in [4.69, 9.17) is 0 Å². The zero-order chi connectivity index (χ0) is 11.5. The molecule has 0 aliphatic carbocycles. The van der Waals surface area contributed by atoms with Crippen LogP contribution >= 0.6 is 11.8 Å². The number of thioether (sulfide) groups is 1. The fourth-order valence-corrected chi connectivity index (χ4v) is 3.03. The van der Waals surface area contributed by atoms with Gasteiger partial charge in [0.15, 0.2) is 0 Å². The van der Waals surface area contributed by atoms with Crippen LogP contribution in [0.3, 0.4) is 0 Å². The maximum absolute atomic E-state index is 11.4. The lowest BCUT2D eigenvalue weighted by molar-refractivity contribution is -0.135. The predicted octanol–water partition coefficient (Wildman–Crippen LogP) is 2.55. The van der Waals surface area contributed by atoms with Crippen molar-refractivity contribution in [3.05, 3.63) is 30.3 Å². The Hall–Kier alpha value is -0.960. The Balaban J connectivity index is 1.88. The molecule has 1 aliphatic heterocycles. The first-order chi connectivity index (χ1) is 7.68. The van der Waals surface area contributed by atoms with Crippen molar-refractivity contribution in [2.45, 2.75) is 24.8 Å². The number of rotatable bonds is 4. The largest absolute Gasteiger partial charge is 0.352 e. The van der Waals surface area contributed by atoms with Crippen molar-refractivity contribution in [2.24, 2.45) is 11.8 Å². The van der Waals surface area contributed by atoms with Crippen molar-refractivity contribution >= 4 is 17.7 Å². The van der Waals surface area contributed by atoms with Gasteiger partial charge in [0, 0.05) is 16.7 Å². The first-order valence-electron chi connectivity index (χ1n) is 5.66. The van der Waals surface area contributed by atoms with Gasteiger partial charge in [0.25, 0.3) is 0 Å². The van der Waals surface area contributed by atoms with Crippen molar-refractivity contribution in [2.75, 3.05) is 5.75 Å². The topological polar surface area (TPSA) is 29.1 Å². The lowest BCUT2D eigenvalue weighted by Gasteiger charge is -2.39. The van der Waals surface area contributed by atoms with E-state index in [-0.39, 0.29) is 11.8 Å². The number of hydrogen-bond donors (Lipinski definition) is 1. The highest BCUT2D eigenvalue weighted by atomic mass is 32.2. The Morgan fingerprint density at radius 2 is 2.00 bits per heavy atom. The van der Waals surface area contributed by atoms with E-state index >= 15 is 0 Å². The molecule has 1 amide bonds. The molecule has 3 heteroatoms. The van der Waals surface area contributed by atoms with Gasteiger partial charge in [0.2, 0.25) is 5.91 Å². The van der Waals surface area contributed by atoms with E-state index in [2.05, 4.69) is 31.3 Å². The Kier molecular flexibility index (Phi) is 3.54. The van der Waals surface area contributed by atoms with Crippen molar-refractivity contribution < 1.29 is 4.79 Å². The van der Waals surface area contributed by atoms with Gasteiger partial charge in [-0.25, -0.2) is 0 Å². The lowest BCUT2D eigenvalue weighted by Crippen LogP contribution is -2.61. The van der Waals surface area contributed by atoms with Crippen molar-refractivity contribution in [1.82, 2.24) is 5.32 Å². The maximum Gasteiger partial charge on any atom is 0.226 e. The molecule has 1 aliphatic rings. The van der Waals surface area contributed by atoms with Crippen LogP contribution < -0.4 is 5.32 Å². The van der Waals surface area contributed by atoms with Crippen LogP contribution in [0.1, 0.15) is 13.8 Å². The van der Waals surface area contributed by atoms with Gasteiger partial charge in [-0.2, -0.15) is 0 Å². The van der Waals surface area contributed by atoms with Crippen LogP contribution in [-0.2, 0) is 4.79 Å². The summed E-state index contributed by atoms with van der Waals surface area (Å²) in [5.41, 5.74) is 0.